The molecular weight excluding hydrogens is 528 g/mol. The molecule has 0 bridgehead atoms. The van der Waals surface area contributed by atoms with Gasteiger partial charge in [0.1, 0.15) is 11.8 Å². The summed E-state index contributed by atoms with van der Waals surface area (Å²) in [5, 5.41) is 3.27. The Morgan fingerprint density at radius 1 is 0.857 bits per heavy atom. The van der Waals surface area contributed by atoms with Crippen LogP contribution in [0.2, 0.25) is 0 Å². The van der Waals surface area contributed by atoms with E-state index in [9.17, 15) is 9.59 Å². The molecule has 42 heavy (non-hydrogen) atoms. The number of nitrogens with zero attached hydrogens (tertiary/aromatic N) is 1. The number of ether oxygens (including phenoxy) is 3. The summed E-state index contributed by atoms with van der Waals surface area (Å²) in [6, 6.07) is 22.9. The fraction of sp³-hybridized carbons (Fsp3) is 0.429. The van der Waals surface area contributed by atoms with Crippen LogP contribution >= 0.6 is 0 Å². The molecule has 1 saturated carbocycles. The maximum absolute atomic E-state index is 14.1. The van der Waals surface area contributed by atoms with Crippen molar-refractivity contribution in [2.45, 2.75) is 77.4 Å². The standard InChI is InChI=1S/C35H44N2O5/c1-4-41-32-20-18-27(24-33(32)42-5-2)19-21-34(38)37(25-28-14-11-17-30(22-28)40-3)31(23-26-12-7-6-8-13-26)35(39)36-29-15-9-10-16-29/h6-8,11-14,17-18,20,22,24,29,31H,4-5,9-10,15-16,19,21,23,25H2,1-3H3,(H,36,39). The second-order valence-corrected chi connectivity index (χ2v) is 10.7. The van der Waals surface area contributed by atoms with Crippen molar-refractivity contribution in [1.82, 2.24) is 10.2 Å². The van der Waals surface area contributed by atoms with Crippen molar-refractivity contribution in [2.75, 3.05) is 20.3 Å². The van der Waals surface area contributed by atoms with Gasteiger partial charge in [0, 0.05) is 25.4 Å². The molecule has 1 fully saturated rings. The van der Waals surface area contributed by atoms with Crippen molar-refractivity contribution in [3.8, 4) is 17.2 Å². The molecule has 7 nitrogen and oxygen atoms in total. The summed E-state index contributed by atoms with van der Waals surface area (Å²) in [5.74, 6) is 1.91. The zero-order valence-electron chi connectivity index (χ0n) is 25.1. The van der Waals surface area contributed by atoms with Crippen LogP contribution in [0.25, 0.3) is 0 Å². The highest BCUT2D eigenvalue weighted by atomic mass is 16.5. The smallest absolute Gasteiger partial charge is 0.243 e. The van der Waals surface area contributed by atoms with E-state index in [1.165, 1.54) is 0 Å². The Morgan fingerprint density at radius 2 is 1.57 bits per heavy atom. The molecule has 1 aliphatic carbocycles. The normalized spacial score (nSPS) is 13.8. The SMILES string of the molecule is CCOc1ccc(CCC(=O)N(Cc2cccc(OC)c2)C(Cc2ccccc2)C(=O)NC2CCCC2)cc1OCC. The third-order valence-electron chi connectivity index (χ3n) is 7.70. The number of nitrogens with one attached hydrogen (secondary N) is 1. The Labute approximate surface area is 250 Å². The molecule has 224 valence electrons. The van der Waals surface area contributed by atoms with Crippen LogP contribution in [0.1, 0.15) is 62.6 Å². The maximum atomic E-state index is 14.1. The van der Waals surface area contributed by atoms with Gasteiger partial charge in [-0.25, -0.2) is 0 Å². The molecule has 2 amide bonds. The monoisotopic (exact) mass is 572 g/mol. The number of carbonyl (C=O) groups excluding carboxylic acids is 2. The minimum Gasteiger partial charge on any atom is -0.497 e. The van der Waals surface area contributed by atoms with Crippen molar-refractivity contribution in [3.63, 3.8) is 0 Å². The fourth-order valence-electron chi connectivity index (χ4n) is 5.53. The Balaban J connectivity index is 1.61. The molecule has 7 heteroatoms. The average Bonchev–Trinajstić information content (AvgIpc) is 3.52. The summed E-state index contributed by atoms with van der Waals surface area (Å²) in [7, 11) is 1.63. The topological polar surface area (TPSA) is 77.1 Å². The van der Waals surface area contributed by atoms with Crippen molar-refractivity contribution in [3.05, 3.63) is 89.5 Å². The average molecular weight is 573 g/mol. The van der Waals surface area contributed by atoms with E-state index < -0.39 is 6.04 Å². The van der Waals surface area contributed by atoms with E-state index in [0.29, 0.717) is 49.8 Å². The molecule has 0 radical (unpaired) electrons. The number of benzene rings is 3. The molecule has 3 aromatic rings. The molecule has 0 aliphatic heterocycles. The first kappa shape index (κ1) is 30.9. The Morgan fingerprint density at radius 3 is 2.29 bits per heavy atom. The van der Waals surface area contributed by atoms with Crippen LogP contribution in [0.5, 0.6) is 17.2 Å². The number of hydrogen-bond acceptors (Lipinski definition) is 5. The van der Waals surface area contributed by atoms with E-state index in [2.05, 4.69) is 5.32 Å². The Bertz CT molecular complexity index is 1290. The molecule has 0 heterocycles. The molecular formula is C35H44N2O5. The van der Waals surface area contributed by atoms with Gasteiger partial charge in [0.2, 0.25) is 11.8 Å². The lowest BCUT2D eigenvalue weighted by Crippen LogP contribution is -2.52. The van der Waals surface area contributed by atoms with Gasteiger partial charge in [0.25, 0.3) is 0 Å². The van der Waals surface area contributed by atoms with Crippen molar-refractivity contribution < 1.29 is 23.8 Å². The molecule has 1 N–H and O–H groups in total. The van der Waals surface area contributed by atoms with E-state index in [1.807, 2.05) is 86.6 Å². The van der Waals surface area contributed by atoms with Crippen LogP contribution < -0.4 is 19.5 Å². The third-order valence-corrected chi connectivity index (χ3v) is 7.70. The van der Waals surface area contributed by atoms with Crippen molar-refractivity contribution in [1.29, 1.82) is 0 Å². The predicted molar refractivity (Wildman–Crippen MR) is 165 cm³/mol. The van der Waals surface area contributed by atoms with E-state index in [4.69, 9.17) is 14.2 Å². The molecule has 4 rings (SSSR count). The van der Waals surface area contributed by atoms with E-state index in [1.54, 1.807) is 12.0 Å². The predicted octanol–water partition coefficient (Wildman–Crippen LogP) is 6.12. The van der Waals surface area contributed by atoms with Gasteiger partial charge in [-0.15, -0.1) is 0 Å². The van der Waals surface area contributed by atoms with Crippen molar-refractivity contribution >= 4 is 11.8 Å². The number of amides is 2. The zero-order valence-corrected chi connectivity index (χ0v) is 25.1. The summed E-state index contributed by atoms with van der Waals surface area (Å²) in [4.78, 5) is 29.7. The number of methoxy groups -OCH3 is 1. The fourth-order valence-corrected chi connectivity index (χ4v) is 5.53. The Kier molecular flexibility index (Phi) is 11.7. The van der Waals surface area contributed by atoms with Crippen LogP contribution in [0, 0.1) is 0 Å². The highest BCUT2D eigenvalue weighted by molar-refractivity contribution is 5.88. The van der Waals surface area contributed by atoms with Gasteiger partial charge in [-0.2, -0.15) is 0 Å². The third kappa shape index (κ3) is 8.75. The summed E-state index contributed by atoms with van der Waals surface area (Å²) in [6.07, 6.45) is 5.40. The number of aryl methyl sites for hydroxylation is 1. The van der Waals surface area contributed by atoms with E-state index in [-0.39, 0.29) is 24.3 Å². The number of carbonyl (C=O) groups is 2. The molecule has 0 aromatic heterocycles. The zero-order chi connectivity index (χ0) is 29.7. The molecule has 0 saturated heterocycles. The van der Waals surface area contributed by atoms with Gasteiger partial charge >= 0.3 is 0 Å². The molecule has 0 spiro atoms. The van der Waals surface area contributed by atoms with Gasteiger partial charge in [-0.1, -0.05) is 61.4 Å². The Hall–Kier alpha value is -4.00. The largest absolute Gasteiger partial charge is 0.497 e. The van der Waals surface area contributed by atoms with Gasteiger partial charge in [0.15, 0.2) is 11.5 Å². The first-order valence-electron chi connectivity index (χ1n) is 15.2. The summed E-state index contributed by atoms with van der Waals surface area (Å²) < 4.78 is 17.0. The van der Waals surface area contributed by atoms with Crippen molar-refractivity contribution in [2.24, 2.45) is 0 Å². The summed E-state index contributed by atoms with van der Waals surface area (Å²) >= 11 is 0. The van der Waals surface area contributed by atoms with Crippen LogP contribution in [-0.4, -0.2) is 49.1 Å². The highest BCUT2D eigenvalue weighted by Gasteiger charge is 2.32. The first-order valence-corrected chi connectivity index (χ1v) is 15.2. The summed E-state index contributed by atoms with van der Waals surface area (Å²) in [6.45, 7) is 5.25. The van der Waals surface area contributed by atoms with E-state index >= 15 is 0 Å². The summed E-state index contributed by atoms with van der Waals surface area (Å²) in [5.41, 5.74) is 2.90. The van der Waals surface area contributed by atoms with E-state index in [0.717, 1.165) is 42.4 Å². The number of hydrogen-bond donors (Lipinski definition) is 1. The lowest BCUT2D eigenvalue weighted by atomic mass is 10.0. The van der Waals surface area contributed by atoms with Gasteiger partial charge in [-0.3, -0.25) is 9.59 Å². The van der Waals surface area contributed by atoms with Crippen LogP contribution in [-0.2, 0) is 29.0 Å². The van der Waals surface area contributed by atoms with Gasteiger partial charge in [-0.05, 0) is 74.1 Å². The lowest BCUT2D eigenvalue weighted by Gasteiger charge is -2.32. The lowest BCUT2D eigenvalue weighted by molar-refractivity contribution is -0.141. The quantitative estimate of drug-likeness (QED) is 0.237. The molecule has 1 atom stereocenters. The second-order valence-electron chi connectivity index (χ2n) is 10.7. The van der Waals surface area contributed by atoms with Crippen LogP contribution in [0.4, 0.5) is 0 Å². The highest BCUT2D eigenvalue weighted by Crippen LogP contribution is 2.29. The number of rotatable bonds is 15. The van der Waals surface area contributed by atoms with Gasteiger partial charge in [0.05, 0.1) is 20.3 Å². The maximum Gasteiger partial charge on any atom is 0.243 e. The van der Waals surface area contributed by atoms with Crippen LogP contribution in [0.15, 0.2) is 72.8 Å². The minimum absolute atomic E-state index is 0.0767. The molecule has 1 aliphatic rings. The first-order chi connectivity index (χ1) is 20.5. The second kappa shape index (κ2) is 15.9. The minimum atomic E-state index is -0.647. The van der Waals surface area contributed by atoms with Gasteiger partial charge < -0.3 is 24.4 Å². The van der Waals surface area contributed by atoms with Crippen LogP contribution in [0.3, 0.4) is 0 Å². The molecule has 1 unspecified atom stereocenters. The molecule has 3 aromatic carbocycles.